The van der Waals surface area contributed by atoms with Crippen LogP contribution in [0.4, 0.5) is 0 Å². The van der Waals surface area contributed by atoms with Crippen LogP contribution in [0.1, 0.15) is 30.9 Å². The van der Waals surface area contributed by atoms with Crippen molar-refractivity contribution in [3.05, 3.63) is 45.6 Å². The zero-order valence-electron chi connectivity index (χ0n) is 11.5. The summed E-state index contributed by atoms with van der Waals surface area (Å²) in [5.41, 5.74) is 1.34. The summed E-state index contributed by atoms with van der Waals surface area (Å²) >= 11 is 0. The van der Waals surface area contributed by atoms with Crippen molar-refractivity contribution in [3.63, 3.8) is 0 Å². The lowest BCUT2D eigenvalue weighted by molar-refractivity contribution is 0.453. The predicted molar refractivity (Wildman–Crippen MR) is 78.3 cm³/mol. The number of nitriles is 1. The number of fused-ring (bicyclic) bond motifs is 2. The van der Waals surface area contributed by atoms with Crippen LogP contribution in [-0.2, 0) is 0 Å². The lowest BCUT2D eigenvalue weighted by Gasteiger charge is -2.07. The number of rotatable bonds is 1. The van der Waals surface area contributed by atoms with E-state index in [0.29, 0.717) is 11.0 Å². The maximum atomic E-state index is 12.5. The molecule has 3 aromatic rings. The molecule has 0 saturated heterocycles. The van der Waals surface area contributed by atoms with E-state index in [-0.39, 0.29) is 28.0 Å². The molecule has 0 aliphatic carbocycles. The second kappa shape index (κ2) is 4.60. The summed E-state index contributed by atoms with van der Waals surface area (Å²) in [5, 5.41) is 18.9. The summed E-state index contributed by atoms with van der Waals surface area (Å²) in [7, 11) is 0. The van der Waals surface area contributed by atoms with Gasteiger partial charge >= 0.3 is 0 Å². The number of nitrogens with zero attached hydrogens (tertiary/aromatic N) is 2. The first kappa shape index (κ1) is 13.1. The van der Waals surface area contributed by atoms with Gasteiger partial charge in [-0.15, -0.1) is 0 Å². The van der Waals surface area contributed by atoms with Crippen LogP contribution in [0.3, 0.4) is 0 Å². The Morgan fingerprint density at radius 3 is 2.71 bits per heavy atom. The molecule has 5 heteroatoms. The Morgan fingerprint density at radius 1 is 1.29 bits per heavy atom. The monoisotopic (exact) mass is 280 g/mol. The van der Waals surface area contributed by atoms with Gasteiger partial charge in [-0.05, 0) is 23.6 Å². The Bertz CT molecular complexity index is 965. The third kappa shape index (κ3) is 2.01. The molecule has 3 rings (SSSR count). The molecule has 0 atom stereocenters. The normalized spacial score (nSPS) is 11.1. The Morgan fingerprint density at radius 2 is 2.05 bits per heavy atom. The minimum Gasteiger partial charge on any atom is -0.492 e. The quantitative estimate of drug-likeness (QED) is 0.692. The zero-order valence-corrected chi connectivity index (χ0v) is 11.5. The Labute approximate surface area is 120 Å². The summed E-state index contributed by atoms with van der Waals surface area (Å²) in [5.74, 6) is -0.177. The molecular formula is C16H12N2O3. The molecule has 21 heavy (non-hydrogen) atoms. The van der Waals surface area contributed by atoms with E-state index in [9.17, 15) is 9.90 Å². The van der Waals surface area contributed by atoms with Crippen molar-refractivity contribution in [3.8, 4) is 11.9 Å². The van der Waals surface area contributed by atoms with Crippen molar-refractivity contribution < 1.29 is 9.52 Å². The second-order valence-electron chi connectivity index (χ2n) is 5.16. The first-order valence-corrected chi connectivity index (χ1v) is 6.52. The average Bonchev–Trinajstić information content (AvgIpc) is 2.47. The number of hydrogen-bond donors (Lipinski definition) is 1. The molecule has 0 unspecified atom stereocenters. The molecule has 1 N–H and O–H groups in total. The summed E-state index contributed by atoms with van der Waals surface area (Å²) in [6.45, 7) is 4.07. The second-order valence-corrected chi connectivity index (χ2v) is 5.16. The van der Waals surface area contributed by atoms with E-state index in [2.05, 4.69) is 4.98 Å². The van der Waals surface area contributed by atoms with E-state index >= 15 is 0 Å². The van der Waals surface area contributed by atoms with Gasteiger partial charge in [-0.3, -0.25) is 4.79 Å². The molecule has 0 aliphatic rings. The molecule has 5 nitrogen and oxygen atoms in total. The SMILES string of the molecule is CC(C)c1ccc2oc3cc(C#N)c(O)nc3c(=O)c2c1. The van der Waals surface area contributed by atoms with Gasteiger partial charge in [-0.25, -0.2) is 4.98 Å². The molecule has 0 fully saturated rings. The van der Waals surface area contributed by atoms with Crippen molar-refractivity contribution in [2.24, 2.45) is 0 Å². The standard InChI is InChI=1S/C16H12N2O3/c1-8(2)9-3-4-12-11(5-9)15(19)14-13(21-12)6-10(7-17)16(20)18-14/h3-6,8H,1-2H3,(H,18,20). The third-order valence-electron chi connectivity index (χ3n) is 3.44. The highest BCUT2D eigenvalue weighted by molar-refractivity contribution is 5.88. The zero-order chi connectivity index (χ0) is 15.1. The number of hydrogen-bond acceptors (Lipinski definition) is 5. The number of aromatic hydroxyl groups is 1. The van der Waals surface area contributed by atoms with Crippen LogP contribution in [0.15, 0.2) is 33.5 Å². The highest BCUT2D eigenvalue weighted by Crippen LogP contribution is 2.24. The van der Waals surface area contributed by atoms with Crippen molar-refractivity contribution in [2.75, 3.05) is 0 Å². The molecule has 0 saturated carbocycles. The van der Waals surface area contributed by atoms with Gasteiger partial charge in [0.05, 0.1) is 5.39 Å². The molecule has 0 bridgehead atoms. The molecule has 0 spiro atoms. The lowest BCUT2D eigenvalue weighted by Crippen LogP contribution is -2.05. The lowest BCUT2D eigenvalue weighted by atomic mass is 10.0. The van der Waals surface area contributed by atoms with Crippen molar-refractivity contribution in [2.45, 2.75) is 19.8 Å². The van der Waals surface area contributed by atoms with E-state index in [1.165, 1.54) is 6.07 Å². The molecule has 2 heterocycles. The summed E-state index contributed by atoms with van der Waals surface area (Å²) in [4.78, 5) is 16.3. The predicted octanol–water partition coefficient (Wildman–Crippen LogP) is 3.04. The maximum Gasteiger partial charge on any atom is 0.230 e. The molecule has 0 amide bonds. The minimum absolute atomic E-state index is 0.0243. The molecule has 2 aromatic heterocycles. The topological polar surface area (TPSA) is 87.1 Å². The van der Waals surface area contributed by atoms with E-state index in [1.54, 1.807) is 18.2 Å². The Hall–Kier alpha value is -2.87. The highest BCUT2D eigenvalue weighted by atomic mass is 16.3. The first-order chi connectivity index (χ1) is 10.0. The first-order valence-electron chi connectivity index (χ1n) is 6.52. The average molecular weight is 280 g/mol. The van der Waals surface area contributed by atoms with Gasteiger partial charge in [0.2, 0.25) is 11.3 Å². The van der Waals surface area contributed by atoms with Gasteiger partial charge < -0.3 is 9.52 Å². The van der Waals surface area contributed by atoms with Crippen molar-refractivity contribution >= 4 is 22.1 Å². The number of benzene rings is 1. The van der Waals surface area contributed by atoms with Crippen molar-refractivity contribution in [1.82, 2.24) is 4.98 Å². The van der Waals surface area contributed by atoms with Crippen LogP contribution in [0.25, 0.3) is 22.1 Å². The van der Waals surface area contributed by atoms with Crippen LogP contribution in [0.5, 0.6) is 5.88 Å². The number of aromatic nitrogens is 1. The molecule has 0 aliphatic heterocycles. The smallest absolute Gasteiger partial charge is 0.230 e. The van der Waals surface area contributed by atoms with Gasteiger partial charge in [-0.1, -0.05) is 19.9 Å². The minimum atomic E-state index is -0.461. The van der Waals surface area contributed by atoms with Crippen LogP contribution in [0.2, 0.25) is 0 Å². The van der Waals surface area contributed by atoms with Crippen LogP contribution >= 0.6 is 0 Å². The highest BCUT2D eigenvalue weighted by Gasteiger charge is 2.14. The summed E-state index contributed by atoms with van der Waals surface area (Å²) in [6.07, 6.45) is 0. The van der Waals surface area contributed by atoms with Gasteiger partial charge in [0.15, 0.2) is 11.1 Å². The fourth-order valence-corrected chi connectivity index (χ4v) is 2.23. The molecule has 0 radical (unpaired) electrons. The van der Waals surface area contributed by atoms with E-state index < -0.39 is 5.88 Å². The number of pyridine rings is 1. The van der Waals surface area contributed by atoms with Crippen molar-refractivity contribution in [1.29, 1.82) is 5.26 Å². The summed E-state index contributed by atoms with van der Waals surface area (Å²) < 4.78 is 5.63. The van der Waals surface area contributed by atoms with E-state index in [4.69, 9.17) is 9.68 Å². The van der Waals surface area contributed by atoms with E-state index in [0.717, 1.165) is 5.56 Å². The maximum absolute atomic E-state index is 12.5. The molecule has 1 aromatic carbocycles. The fraction of sp³-hybridized carbons (Fsp3) is 0.188. The molecule has 104 valence electrons. The fourth-order valence-electron chi connectivity index (χ4n) is 2.23. The van der Waals surface area contributed by atoms with Gasteiger partial charge in [0.1, 0.15) is 17.2 Å². The summed E-state index contributed by atoms with van der Waals surface area (Å²) in [6, 6.07) is 8.56. The van der Waals surface area contributed by atoms with E-state index in [1.807, 2.05) is 19.9 Å². The van der Waals surface area contributed by atoms with Crippen LogP contribution < -0.4 is 5.43 Å². The van der Waals surface area contributed by atoms with Gasteiger partial charge in [-0.2, -0.15) is 5.26 Å². The largest absolute Gasteiger partial charge is 0.492 e. The Kier molecular flexibility index (Phi) is 2.88. The van der Waals surface area contributed by atoms with Crippen LogP contribution in [0, 0.1) is 11.3 Å². The van der Waals surface area contributed by atoms with Gasteiger partial charge in [0, 0.05) is 6.07 Å². The van der Waals surface area contributed by atoms with Gasteiger partial charge in [0.25, 0.3) is 0 Å². The third-order valence-corrected chi connectivity index (χ3v) is 3.44. The Balaban J connectivity index is 2.44. The van der Waals surface area contributed by atoms with Crippen LogP contribution in [-0.4, -0.2) is 10.1 Å². The molecular weight excluding hydrogens is 268 g/mol.